The quantitative estimate of drug-likeness (QED) is 0.713. The summed E-state index contributed by atoms with van der Waals surface area (Å²) in [5, 5.41) is 0. The Morgan fingerprint density at radius 2 is 1.23 bits per heavy atom. The van der Waals surface area contributed by atoms with E-state index in [9.17, 15) is 0 Å². The van der Waals surface area contributed by atoms with Crippen molar-refractivity contribution >= 4 is 0 Å². The van der Waals surface area contributed by atoms with Crippen molar-refractivity contribution in [1.82, 2.24) is 9.80 Å². The molecule has 0 N–H and O–H groups in total. The largest absolute Gasteiger partial charge is 0.379 e. The third-order valence-corrected chi connectivity index (χ3v) is 4.11. The summed E-state index contributed by atoms with van der Waals surface area (Å²) in [7, 11) is 0. The zero-order chi connectivity index (χ0) is 16.8. The lowest BCUT2D eigenvalue weighted by molar-refractivity contribution is 0.0405. The van der Waals surface area contributed by atoms with E-state index in [-0.39, 0.29) is 0 Å². The van der Waals surface area contributed by atoms with Crippen LogP contribution in [0, 0.1) is 0 Å². The van der Waals surface area contributed by atoms with Gasteiger partial charge in [0.25, 0.3) is 0 Å². The molecule has 0 unspecified atom stereocenters. The molecule has 0 radical (unpaired) electrons. The number of morpholine rings is 1. The standard InChI is InChI=1S/C10H21N.C6H13NO.C3H8/c1-10(2,3)11-8-6-4-5-7-9-11;1-2-7-3-5-8-6-4-7;1-3-2/h4-9H2,1-3H3;2-6H2,1H3;3H2,1-2H3. The maximum absolute atomic E-state index is 5.16. The first-order chi connectivity index (χ1) is 10.5. The minimum atomic E-state index is 0.393. The van der Waals surface area contributed by atoms with Gasteiger partial charge in [0.2, 0.25) is 0 Å². The van der Waals surface area contributed by atoms with Crippen molar-refractivity contribution in [2.45, 2.75) is 79.2 Å². The van der Waals surface area contributed by atoms with Crippen LogP contribution in [0.2, 0.25) is 0 Å². The lowest BCUT2D eigenvalue weighted by Crippen LogP contribution is -2.41. The Labute approximate surface area is 140 Å². The minimum Gasteiger partial charge on any atom is -0.379 e. The van der Waals surface area contributed by atoms with Crippen LogP contribution in [0.1, 0.15) is 73.6 Å². The van der Waals surface area contributed by atoms with Crippen LogP contribution in [0.5, 0.6) is 0 Å². The number of hydrogen-bond acceptors (Lipinski definition) is 3. The van der Waals surface area contributed by atoms with Gasteiger partial charge in [-0.15, -0.1) is 0 Å². The predicted molar refractivity (Wildman–Crippen MR) is 98.7 cm³/mol. The monoisotopic (exact) mass is 314 g/mol. The van der Waals surface area contributed by atoms with Gasteiger partial charge in [0.05, 0.1) is 13.2 Å². The molecule has 0 aromatic heterocycles. The molecule has 0 atom stereocenters. The average Bonchev–Trinajstić information content (AvgIpc) is 2.78. The second-order valence-electron chi connectivity index (χ2n) is 7.33. The molecule has 3 nitrogen and oxygen atoms in total. The van der Waals surface area contributed by atoms with Gasteiger partial charge in [-0.05, 0) is 53.2 Å². The maximum Gasteiger partial charge on any atom is 0.0594 e. The Morgan fingerprint density at radius 3 is 1.55 bits per heavy atom. The zero-order valence-corrected chi connectivity index (χ0v) is 16.3. The van der Waals surface area contributed by atoms with E-state index in [0.717, 1.165) is 26.3 Å². The summed E-state index contributed by atoms with van der Waals surface area (Å²) in [5.74, 6) is 0. The third-order valence-electron chi connectivity index (χ3n) is 4.11. The molecular weight excluding hydrogens is 272 g/mol. The average molecular weight is 315 g/mol. The third kappa shape index (κ3) is 11.4. The van der Waals surface area contributed by atoms with Crippen molar-refractivity contribution in [2.75, 3.05) is 45.9 Å². The number of ether oxygens (including phenoxy) is 1. The first-order valence-electron chi connectivity index (χ1n) is 9.50. The molecule has 2 aliphatic rings. The highest BCUT2D eigenvalue weighted by atomic mass is 16.5. The van der Waals surface area contributed by atoms with Crippen molar-refractivity contribution in [3.8, 4) is 0 Å². The Bertz CT molecular complexity index is 224. The van der Waals surface area contributed by atoms with Crippen molar-refractivity contribution in [3.63, 3.8) is 0 Å². The summed E-state index contributed by atoms with van der Waals surface area (Å²) < 4.78 is 5.16. The van der Waals surface area contributed by atoms with Gasteiger partial charge >= 0.3 is 0 Å². The fraction of sp³-hybridized carbons (Fsp3) is 1.00. The highest BCUT2D eigenvalue weighted by molar-refractivity contribution is 4.77. The summed E-state index contributed by atoms with van der Waals surface area (Å²) in [5.41, 5.74) is 0.393. The summed E-state index contributed by atoms with van der Waals surface area (Å²) >= 11 is 0. The fourth-order valence-corrected chi connectivity index (χ4v) is 2.66. The molecule has 2 rings (SSSR count). The summed E-state index contributed by atoms with van der Waals surface area (Å²) in [6, 6.07) is 0. The van der Waals surface area contributed by atoms with Crippen LogP contribution in [0.3, 0.4) is 0 Å². The molecule has 22 heavy (non-hydrogen) atoms. The molecule has 0 bridgehead atoms. The number of likely N-dealkylation sites (N-methyl/N-ethyl adjacent to an activating group) is 1. The highest BCUT2D eigenvalue weighted by Crippen LogP contribution is 2.18. The normalized spacial score (nSPS) is 21.0. The summed E-state index contributed by atoms with van der Waals surface area (Å²) in [6.07, 6.45) is 6.92. The Kier molecular flexibility index (Phi) is 13.3. The van der Waals surface area contributed by atoms with Crippen LogP contribution in [0.25, 0.3) is 0 Å². The van der Waals surface area contributed by atoms with E-state index in [1.54, 1.807) is 0 Å². The van der Waals surface area contributed by atoms with Crippen LogP contribution >= 0.6 is 0 Å². The van der Waals surface area contributed by atoms with Gasteiger partial charge in [0.1, 0.15) is 0 Å². The van der Waals surface area contributed by atoms with Crippen LogP contribution in [-0.2, 0) is 4.74 Å². The van der Waals surface area contributed by atoms with Gasteiger partial charge in [-0.1, -0.05) is 40.0 Å². The van der Waals surface area contributed by atoms with Gasteiger partial charge in [0, 0.05) is 18.6 Å². The SMILES string of the molecule is CC(C)(C)N1CCCCCC1.CCC.CCN1CCOCC1. The Balaban J connectivity index is 0.000000352. The molecule has 2 saturated heterocycles. The van der Waals surface area contributed by atoms with Crippen molar-refractivity contribution in [1.29, 1.82) is 0 Å². The van der Waals surface area contributed by atoms with Crippen LogP contribution in [-0.4, -0.2) is 61.3 Å². The first kappa shape index (κ1) is 21.9. The second-order valence-corrected chi connectivity index (χ2v) is 7.33. The molecule has 134 valence electrons. The Hall–Kier alpha value is -0.120. The first-order valence-corrected chi connectivity index (χ1v) is 9.50. The molecule has 0 saturated carbocycles. The number of hydrogen-bond donors (Lipinski definition) is 0. The van der Waals surface area contributed by atoms with E-state index in [1.807, 2.05) is 0 Å². The van der Waals surface area contributed by atoms with Crippen molar-refractivity contribution in [3.05, 3.63) is 0 Å². The van der Waals surface area contributed by atoms with E-state index in [2.05, 4.69) is 51.3 Å². The smallest absolute Gasteiger partial charge is 0.0594 e. The molecule has 0 spiro atoms. The number of rotatable bonds is 1. The Morgan fingerprint density at radius 1 is 0.773 bits per heavy atom. The van der Waals surface area contributed by atoms with Crippen molar-refractivity contribution in [2.24, 2.45) is 0 Å². The van der Waals surface area contributed by atoms with Gasteiger partial charge < -0.3 is 4.74 Å². The van der Waals surface area contributed by atoms with Gasteiger partial charge in [-0.25, -0.2) is 0 Å². The lowest BCUT2D eigenvalue weighted by atomic mass is 10.1. The molecule has 0 aliphatic carbocycles. The minimum absolute atomic E-state index is 0.393. The number of likely N-dealkylation sites (tertiary alicyclic amines) is 1. The van der Waals surface area contributed by atoms with E-state index in [0.29, 0.717) is 5.54 Å². The molecular formula is C19H42N2O. The van der Waals surface area contributed by atoms with Crippen LogP contribution in [0.15, 0.2) is 0 Å². The molecule has 3 heteroatoms. The zero-order valence-electron chi connectivity index (χ0n) is 16.3. The molecule has 0 aromatic rings. The van der Waals surface area contributed by atoms with Crippen LogP contribution < -0.4 is 0 Å². The van der Waals surface area contributed by atoms with Crippen molar-refractivity contribution < 1.29 is 4.74 Å². The van der Waals surface area contributed by atoms with Crippen LogP contribution in [0.4, 0.5) is 0 Å². The molecule has 2 aliphatic heterocycles. The molecule has 2 heterocycles. The molecule has 0 amide bonds. The maximum atomic E-state index is 5.16. The number of nitrogens with zero attached hydrogens (tertiary/aromatic N) is 2. The van der Waals surface area contributed by atoms with Gasteiger partial charge in [-0.3, -0.25) is 9.80 Å². The summed E-state index contributed by atoms with van der Waals surface area (Å²) in [6.45, 7) is 21.3. The molecule has 0 aromatic carbocycles. The van der Waals surface area contributed by atoms with Gasteiger partial charge in [-0.2, -0.15) is 0 Å². The topological polar surface area (TPSA) is 15.7 Å². The predicted octanol–water partition coefficient (Wildman–Crippen LogP) is 4.42. The lowest BCUT2D eigenvalue weighted by Gasteiger charge is -2.34. The van der Waals surface area contributed by atoms with E-state index in [1.165, 1.54) is 51.7 Å². The fourth-order valence-electron chi connectivity index (χ4n) is 2.66. The second kappa shape index (κ2) is 13.3. The van der Waals surface area contributed by atoms with E-state index < -0.39 is 0 Å². The summed E-state index contributed by atoms with van der Waals surface area (Å²) in [4.78, 5) is 5.00. The highest BCUT2D eigenvalue weighted by Gasteiger charge is 2.21. The van der Waals surface area contributed by atoms with E-state index >= 15 is 0 Å². The van der Waals surface area contributed by atoms with E-state index in [4.69, 9.17) is 4.74 Å². The van der Waals surface area contributed by atoms with Gasteiger partial charge in [0.15, 0.2) is 0 Å². The molecule has 2 fully saturated rings.